The molecule has 1 N–H and O–H groups in total. The Hall–Kier alpha value is -2.04. The quantitative estimate of drug-likeness (QED) is 0.895. The van der Waals surface area contributed by atoms with Crippen LogP contribution in [0.2, 0.25) is 0 Å². The van der Waals surface area contributed by atoms with E-state index in [1.165, 1.54) is 6.39 Å². The lowest BCUT2D eigenvalue weighted by molar-refractivity contribution is -0.142. The Kier molecular flexibility index (Phi) is 2.29. The van der Waals surface area contributed by atoms with Gasteiger partial charge in [-0.1, -0.05) is 0 Å². The average Bonchev–Trinajstić information content (AvgIpc) is 2.98. The number of nitrogens with zero attached hydrogens (tertiary/aromatic N) is 2. The molecule has 1 aromatic heterocycles. The van der Waals surface area contributed by atoms with Crippen LogP contribution < -0.4 is 4.90 Å². The first-order chi connectivity index (χ1) is 8.61. The van der Waals surface area contributed by atoms with E-state index in [0.29, 0.717) is 6.54 Å². The Morgan fingerprint density at radius 2 is 2.33 bits per heavy atom. The van der Waals surface area contributed by atoms with Crippen LogP contribution in [0, 0.1) is 5.41 Å². The van der Waals surface area contributed by atoms with E-state index in [4.69, 9.17) is 4.42 Å². The molecule has 18 heavy (non-hydrogen) atoms. The van der Waals surface area contributed by atoms with Crippen molar-refractivity contribution in [3.05, 3.63) is 24.6 Å². The minimum absolute atomic E-state index is 0.530. The Labute approximate surface area is 104 Å². The average molecular weight is 246 g/mol. The lowest BCUT2D eigenvalue weighted by Gasteiger charge is -2.23. The molecule has 94 valence electrons. The Balaban J connectivity index is 1.83. The molecule has 0 atom stereocenters. The summed E-state index contributed by atoms with van der Waals surface area (Å²) in [6.07, 6.45) is 2.93. The molecule has 2 aromatic rings. The Morgan fingerprint density at radius 3 is 3.00 bits per heavy atom. The largest absolute Gasteiger partial charge is 0.481 e. The summed E-state index contributed by atoms with van der Waals surface area (Å²) in [5.41, 5.74) is 1.93. The van der Waals surface area contributed by atoms with Gasteiger partial charge in [0.2, 0.25) is 0 Å². The number of aliphatic carboxylic acids is 1. The number of carbonyl (C=O) groups is 1. The van der Waals surface area contributed by atoms with E-state index in [0.717, 1.165) is 29.6 Å². The van der Waals surface area contributed by atoms with E-state index >= 15 is 0 Å². The van der Waals surface area contributed by atoms with Crippen molar-refractivity contribution in [3.8, 4) is 0 Å². The fourth-order valence-electron chi connectivity index (χ4n) is 2.22. The summed E-state index contributed by atoms with van der Waals surface area (Å²) in [6.45, 7) is 0.530. The number of carboxylic acids is 1. The molecule has 1 aliphatic carbocycles. The molecule has 0 bridgehead atoms. The van der Waals surface area contributed by atoms with Crippen molar-refractivity contribution in [3.63, 3.8) is 0 Å². The minimum Gasteiger partial charge on any atom is -0.481 e. The number of hydrogen-bond acceptors (Lipinski definition) is 4. The third kappa shape index (κ3) is 1.72. The SMILES string of the molecule is CN(CC1(C(=O)O)CC1)c1ccc2ncoc2c1. The second-order valence-corrected chi connectivity index (χ2v) is 4.95. The van der Waals surface area contributed by atoms with Gasteiger partial charge in [-0.05, 0) is 25.0 Å². The first-order valence-corrected chi connectivity index (χ1v) is 5.89. The van der Waals surface area contributed by atoms with Crippen LogP contribution in [0.4, 0.5) is 5.69 Å². The number of hydrogen-bond donors (Lipinski definition) is 1. The first-order valence-electron chi connectivity index (χ1n) is 5.89. The van der Waals surface area contributed by atoms with Gasteiger partial charge in [-0.2, -0.15) is 0 Å². The standard InChI is InChI=1S/C13H14N2O3/c1-15(7-13(4-5-13)12(16)17)9-2-3-10-11(6-9)18-8-14-10/h2-3,6,8H,4-5,7H2,1H3,(H,16,17). The van der Waals surface area contributed by atoms with Crippen LogP contribution in [-0.4, -0.2) is 29.7 Å². The van der Waals surface area contributed by atoms with E-state index in [1.54, 1.807) is 0 Å². The van der Waals surface area contributed by atoms with Crippen molar-refractivity contribution in [2.24, 2.45) is 5.41 Å². The molecule has 0 radical (unpaired) electrons. The second-order valence-electron chi connectivity index (χ2n) is 4.95. The zero-order valence-electron chi connectivity index (χ0n) is 10.1. The summed E-state index contributed by atoms with van der Waals surface area (Å²) in [5.74, 6) is -0.699. The summed E-state index contributed by atoms with van der Waals surface area (Å²) in [7, 11) is 1.90. The monoisotopic (exact) mass is 246 g/mol. The minimum atomic E-state index is -0.699. The predicted octanol–water partition coefficient (Wildman–Crippen LogP) is 2.13. The number of oxazole rings is 1. The van der Waals surface area contributed by atoms with Gasteiger partial charge in [0.25, 0.3) is 0 Å². The van der Waals surface area contributed by atoms with Crippen molar-refractivity contribution in [1.29, 1.82) is 0 Å². The van der Waals surface area contributed by atoms with Crippen LogP contribution in [0.1, 0.15) is 12.8 Å². The van der Waals surface area contributed by atoms with Crippen LogP contribution in [0.15, 0.2) is 29.0 Å². The van der Waals surface area contributed by atoms with Crippen molar-refractivity contribution in [2.75, 3.05) is 18.5 Å². The normalized spacial score (nSPS) is 16.7. The molecule has 1 saturated carbocycles. The number of aromatic nitrogens is 1. The molecule has 1 aromatic carbocycles. The highest BCUT2D eigenvalue weighted by Gasteiger charge is 2.50. The van der Waals surface area contributed by atoms with E-state index in [2.05, 4.69) is 4.98 Å². The van der Waals surface area contributed by atoms with Gasteiger partial charge in [-0.25, -0.2) is 4.98 Å². The molecule has 5 heteroatoms. The molecule has 0 amide bonds. The molecule has 0 spiro atoms. The molecular weight excluding hydrogens is 232 g/mol. The summed E-state index contributed by atoms with van der Waals surface area (Å²) < 4.78 is 5.25. The Bertz CT molecular complexity index is 601. The van der Waals surface area contributed by atoms with Crippen molar-refractivity contribution in [2.45, 2.75) is 12.8 Å². The summed E-state index contributed by atoms with van der Waals surface area (Å²) in [4.78, 5) is 17.2. The van der Waals surface area contributed by atoms with Crippen molar-refractivity contribution in [1.82, 2.24) is 4.98 Å². The van der Waals surface area contributed by atoms with Gasteiger partial charge >= 0.3 is 5.97 Å². The fraction of sp³-hybridized carbons (Fsp3) is 0.385. The van der Waals surface area contributed by atoms with Crippen LogP contribution in [0.25, 0.3) is 11.1 Å². The zero-order valence-corrected chi connectivity index (χ0v) is 10.1. The van der Waals surface area contributed by atoms with Gasteiger partial charge in [0.15, 0.2) is 12.0 Å². The fourth-order valence-corrected chi connectivity index (χ4v) is 2.22. The van der Waals surface area contributed by atoms with Crippen LogP contribution in [-0.2, 0) is 4.79 Å². The maximum atomic E-state index is 11.2. The number of carboxylic acid groups (broad SMARTS) is 1. The van der Waals surface area contributed by atoms with Gasteiger partial charge < -0.3 is 14.4 Å². The third-order valence-corrected chi connectivity index (χ3v) is 3.60. The van der Waals surface area contributed by atoms with Crippen molar-refractivity contribution >= 4 is 22.8 Å². The molecule has 0 saturated heterocycles. The molecule has 0 aliphatic heterocycles. The smallest absolute Gasteiger partial charge is 0.311 e. The number of rotatable bonds is 4. The summed E-state index contributed by atoms with van der Waals surface area (Å²) >= 11 is 0. The maximum absolute atomic E-state index is 11.2. The van der Waals surface area contributed by atoms with E-state index in [1.807, 2.05) is 30.1 Å². The predicted molar refractivity (Wildman–Crippen MR) is 66.6 cm³/mol. The van der Waals surface area contributed by atoms with E-state index in [-0.39, 0.29) is 0 Å². The van der Waals surface area contributed by atoms with E-state index < -0.39 is 11.4 Å². The summed E-state index contributed by atoms with van der Waals surface area (Å²) in [5, 5.41) is 9.18. The summed E-state index contributed by atoms with van der Waals surface area (Å²) in [6, 6.07) is 5.70. The van der Waals surface area contributed by atoms with Gasteiger partial charge in [0.1, 0.15) is 5.52 Å². The molecule has 1 fully saturated rings. The van der Waals surface area contributed by atoms with Gasteiger partial charge in [-0.15, -0.1) is 0 Å². The van der Waals surface area contributed by atoms with Crippen LogP contribution in [0.3, 0.4) is 0 Å². The highest BCUT2D eigenvalue weighted by Crippen LogP contribution is 2.46. The van der Waals surface area contributed by atoms with Crippen LogP contribution >= 0.6 is 0 Å². The van der Waals surface area contributed by atoms with Crippen molar-refractivity contribution < 1.29 is 14.3 Å². The lowest BCUT2D eigenvalue weighted by Crippen LogP contribution is -2.31. The number of anilines is 1. The van der Waals surface area contributed by atoms with Gasteiger partial charge in [0.05, 0.1) is 5.41 Å². The highest BCUT2D eigenvalue weighted by molar-refractivity contribution is 5.80. The van der Waals surface area contributed by atoms with E-state index in [9.17, 15) is 9.90 Å². The number of benzene rings is 1. The van der Waals surface area contributed by atoms with Gasteiger partial charge in [0, 0.05) is 25.3 Å². The molecule has 5 nitrogen and oxygen atoms in total. The van der Waals surface area contributed by atoms with Crippen LogP contribution in [0.5, 0.6) is 0 Å². The molecule has 0 unspecified atom stereocenters. The Morgan fingerprint density at radius 1 is 1.56 bits per heavy atom. The number of fused-ring (bicyclic) bond motifs is 1. The van der Waals surface area contributed by atoms with Gasteiger partial charge in [-0.3, -0.25) is 4.79 Å². The molecule has 3 rings (SSSR count). The zero-order chi connectivity index (χ0) is 12.8. The first kappa shape index (κ1) is 11.1. The lowest BCUT2D eigenvalue weighted by atomic mass is 10.1. The molecular formula is C13H14N2O3. The second kappa shape index (κ2) is 3.73. The molecule has 1 heterocycles. The maximum Gasteiger partial charge on any atom is 0.311 e. The topological polar surface area (TPSA) is 66.6 Å². The highest BCUT2D eigenvalue weighted by atomic mass is 16.4. The third-order valence-electron chi connectivity index (χ3n) is 3.60. The molecule has 1 aliphatic rings.